The minimum absolute atomic E-state index is 0.0349. The van der Waals surface area contributed by atoms with Crippen LogP contribution in [-0.4, -0.2) is 25.6 Å². The molecule has 1 N–H and O–H groups in total. The number of nitriles is 1. The fourth-order valence-electron chi connectivity index (χ4n) is 1.78. The van der Waals surface area contributed by atoms with Gasteiger partial charge in [0.2, 0.25) is 0 Å². The molecule has 6 heteroatoms. The molecule has 0 amide bonds. The molecule has 0 aliphatic heterocycles. The number of hydrogen-bond acceptors (Lipinski definition) is 5. The summed E-state index contributed by atoms with van der Waals surface area (Å²) in [6, 6.07) is 7.21. The number of hydrogen-bond donors (Lipinski definition) is 1. The maximum absolute atomic E-state index is 11.1. The normalized spacial score (nSPS) is 11.4. The number of para-hydroxylation sites is 1. The molecule has 1 rings (SSSR count). The van der Waals surface area contributed by atoms with Crippen molar-refractivity contribution in [3.8, 4) is 6.07 Å². The highest BCUT2D eigenvalue weighted by Crippen LogP contribution is 2.34. The number of nitrogens with zero attached hydrogens (tertiary/aromatic N) is 3. The highest BCUT2D eigenvalue weighted by Gasteiger charge is 2.22. The highest BCUT2D eigenvalue weighted by molar-refractivity contribution is 5.76. The molecule has 6 nitrogen and oxygen atoms in total. The van der Waals surface area contributed by atoms with E-state index in [1.165, 1.54) is 0 Å². The van der Waals surface area contributed by atoms with Gasteiger partial charge in [0.05, 0.1) is 16.9 Å². The topological polar surface area (TPSA) is 82.2 Å². The Morgan fingerprint density at radius 2 is 2.28 bits per heavy atom. The fraction of sp³-hybridized carbons (Fsp3) is 0.417. The molecule has 96 valence electrons. The molecule has 0 heterocycles. The summed E-state index contributed by atoms with van der Waals surface area (Å²) in [7, 11) is 3.39. The zero-order chi connectivity index (χ0) is 13.7. The van der Waals surface area contributed by atoms with Crippen LogP contribution in [0, 0.1) is 27.4 Å². The predicted octanol–water partition coefficient (Wildman–Crippen LogP) is 2.23. The summed E-state index contributed by atoms with van der Waals surface area (Å²) in [5, 5.41) is 22.7. The Labute approximate surface area is 106 Å². The van der Waals surface area contributed by atoms with Crippen molar-refractivity contribution in [2.24, 2.45) is 5.92 Å². The van der Waals surface area contributed by atoms with Crippen molar-refractivity contribution in [2.75, 3.05) is 30.9 Å². The molecule has 0 aromatic heterocycles. The first-order valence-corrected chi connectivity index (χ1v) is 5.57. The van der Waals surface area contributed by atoms with E-state index in [2.05, 4.69) is 11.4 Å². The molecule has 0 aliphatic carbocycles. The molecular weight excluding hydrogens is 232 g/mol. The summed E-state index contributed by atoms with van der Waals surface area (Å²) in [6.07, 6.45) is 0. The van der Waals surface area contributed by atoms with Gasteiger partial charge < -0.3 is 10.2 Å². The van der Waals surface area contributed by atoms with E-state index in [0.29, 0.717) is 17.9 Å². The summed E-state index contributed by atoms with van der Waals surface area (Å²) >= 11 is 0. The summed E-state index contributed by atoms with van der Waals surface area (Å²) in [5.74, 6) is -0.187. The van der Waals surface area contributed by atoms with E-state index >= 15 is 0 Å². The van der Waals surface area contributed by atoms with E-state index in [9.17, 15) is 10.1 Å². The van der Waals surface area contributed by atoms with Crippen LogP contribution in [0.25, 0.3) is 0 Å². The van der Waals surface area contributed by atoms with E-state index < -0.39 is 4.92 Å². The monoisotopic (exact) mass is 248 g/mol. The van der Waals surface area contributed by atoms with Gasteiger partial charge in [-0.15, -0.1) is 0 Å². The van der Waals surface area contributed by atoms with Crippen molar-refractivity contribution in [3.63, 3.8) is 0 Å². The van der Waals surface area contributed by atoms with Crippen molar-refractivity contribution in [2.45, 2.75) is 6.92 Å². The van der Waals surface area contributed by atoms with Crippen molar-refractivity contribution in [1.82, 2.24) is 0 Å². The molecule has 1 unspecified atom stereocenters. The van der Waals surface area contributed by atoms with Gasteiger partial charge in [0.1, 0.15) is 11.4 Å². The van der Waals surface area contributed by atoms with Crippen LogP contribution in [0.3, 0.4) is 0 Å². The standard InChI is InChI=1S/C12H16N4O2/c1-9(7-13)8-15(3)11-6-4-5-10(14-2)12(11)16(17)18/h4-6,9,14H,8H2,1-3H3. The third-order valence-corrected chi connectivity index (χ3v) is 2.65. The van der Waals surface area contributed by atoms with Crippen LogP contribution in [0.1, 0.15) is 6.92 Å². The molecule has 1 aromatic rings. The van der Waals surface area contributed by atoms with Gasteiger partial charge in [0, 0.05) is 20.6 Å². The molecule has 0 fully saturated rings. The summed E-state index contributed by atoms with van der Waals surface area (Å²) in [4.78, 5) is 12.5. The zero-order valence-corrected chi connectivity index (χ0v) is 10.7. The lowest BCUT2D eigenvalue weighted by Crippen LogP contribution is -2.24. The third kappa shape index (κ3) is 2.88. The number of benzene rings is 1. The second-order valence-electron chi connectivity index (χ2n) is 4.09. The number of anilines is 2. The first-order valence-electron chi connectivity index (χ1n) is 5.57. The SMILES string of the molecule is CNc1cccc(N(C)CC(C)C#N)c1[N+](=O)[O-]. The van der Waals surface area contributed by atoms with Crippen molar-refractivity contribution >= 4 is 17.1 Å². The van der Waals surface area contributed by atoms with E-state index in [4.69, 9.17) is 5.26 Å². The van der Waals surface area contributed by atoms with Crippen molar-refractivity contribution < 1.29 is 4.92 Å². The summed E-state index contributed by atoms with van der Waals surface area (Å²) in [5.41, 5.74) is 1.01. The van der Waals surface area contributed by atoms with Crippen molar-refractivity contribution in [3.05, 3.63) is 28.3 Å². The highest BCUT2D eigenvalue weighted by atomic mass is 16.6. The van der Waals surface area contributed by atoms with Gasteiger partial charge in [-0.3, -0.25) is 10.1 Å². The molecular formula is C12H16N4O2. The molecule has 0 spiro atoms. The van der Waals surface area contributed by atoms with Crippen LogP contribution in [0.5, 0.6) is 0 Å². The molecule has 0 bridgehead atoms. The molecule has 18 heavy (non-hydrogen) atoms. The van der Waals surface area contributed by atoms with Gasteiger partial charge in [0.15, 0.2) is 0 Å². The predicted molar refractivity (Wildman–Crippen MR) is 70.7 cm³/mol. The number of nitro benzene ring substituents is 1. The molecule has 0 aliphatic rings. The Morgan fingerprint density at radius 3 is 2.78 bits per heavy atom. The van der Waals surface area contributed by atoms with Gasteiger partial charge in [-0.05, 0) is 19.1 Å². The number of nitrogens with one attached hydrogen (secondary N) is 1. The number of nitro groups is 1. The van der Waals surface area contributed by atoms with Crippen LogP contribution in [-0.2, 0) is 0 Å². The average Bonchev–Trinajstić information content (AvgIpc) is 2.37. The second kappa shape index (κ2) is 5.87. The van der Waals surface area contributed by atoms with Crippen LogP contribution in [0.4, 0.5) is 17.1 Å². The van der Waals surface area contributed by atoms with Gasteiger partial charge in [-0.25, -0.2) is 0 Å². The maximum atomic E-state index is 11.1. The van der Waals surface area contributed by atoms with Gasteiger partial charge in [-0.1, -0.05) is 6.07 Å². The quantitative estimate of drug-likeness (QED) is 0.638. The molecule has 1 aromatic carbocycles. The van der Waals surface area contributed by atoms with Crippen LogP contribution >= 0.6 is 0 Å². The summed E-state index contributed by atoms with van der Waals surface area (Å²) < 4.78 is 0. The Kier molecular flexibility index (Phi) is 4.49. The lowest BCUT2D eigenvalue weighted by molar-refractivity contribution is -0.383. The molecule has 0 saturated carbocycles. The third-order valence-electron chi connectivity index (χ3n) is 2.65. The first-order chi connectivity index (χ1) is 8.51. The van der Waals surface area contributed by atoms with Crippen LogP contribution in [0.2, 0.25) is 0 Å². The largest absolute Gasteiger partial charge is 0.382 e. The Bertz CT molecular complexity index is 481. The second-order valence-corrected chi connectivity index (χ2v) is 4.09. The van der Waals surface area contributed by atoms with Gasteiger partial charge in [0.25, 0.3) is 0 Å². The molecule has 0 radical (unpaired) electrons. The lowest BCUT2D eigenvalue weighted by atomic mass is 10.1. The van der Waals surface area contributed by atoms with Gasteiger partial charge >= 0.3 is 5.69 Å². The average molecular weight is 248 g/mol. The maximum Gasteiger partial charge on any atom is 0.315 e. The Morgan fingerprint density at radius 1 is 1.61 bits per heavy atom. The summed E-state index contributed by atoms with van der Waals surface area (Å²) in [6.45, 7) is 2.23. The minimum atomic E-state index is -0.408. The fourth-order valence-corrected chi connectivity index (χ4v) is 1.78. The first kappa shape index (κ1) is 13.8. The van der Waals surface area contributed by atoms with E-state index in [-0.39, 0.29) is 11.6 Å². The smallest absolute Gasteiger partial charge is 0.315 e. The van der Waals surface area contributed by atoms with Crippen molar-refractivity contribution in [1.29, 1.82) is 5.26 Å². The Hall–Kier alpha value is -2.29. The Balaban J connectivity index is 3.16. The number of rotatable bonds is 5. The lowest BCUT2D eigenvalue weighted by Gasteiger charge is -2.21. The van der Waals surface area contributed by atoms with E-state index in [1.54, 1.807) is 44.1 Å². The molecule has 1 atom stereocenters. The minimum Gasteiger partial charge on any atom is -0.382 e. The van der Waals surface area contributed by atoms with Crippen LogP contribution < -0.4 is 10.2 Å². The van der Waals surface area contributed by atoms with Gasteiger partial charge in [-0.2, -0.15) is 5.26 Å². The van der Waals surface area contributed by atoms with E-state index in [1.807, 2.05) is 0 Å². The zero-order valence-electron chi connectivity index (χ0n) is 10.7. The van der Waals surface area contributed by atoms with E-state index in [0.717, 1.165) is 0 Å². The van der Waals surface area contributed by atoms with Crippen LogP contribution in [0.15, 0.2) is 18.2 Å². The molecule has 0 saturated heterocycles.